The average Bonchev–Trinajstić information content (AvgIpc) is 3.17. The number of fused-ring (bicyclic) bond motifs is 1. The molecule has 128 valence electrons. The summed E-state index contributed by atoms with van der Waals surface area (Å²) in [6.45, 7) is 2.57. The van der Waals surface area contributed by atoms with E-state index in [9.17, 15) is 4.79 Å². The molecule has 2 aromatic heterocycles. The van der Waals surface area contributed by atoms with E-state index in [-0.39, 0.29) is 5.91 Å². The highest BCUT2D eigenvalue weighted by atomic mass is 32.1. The van der Waals surface area contributed by atoms with Gasteiger partial charge in [-0.1, -0.05) is 36.7 Å². The van der Waals surface area contributed by atoms with Gasteiger partial charge in [0, 0.05) is 13.2 Å². The van der Waals surface area contributed by atoms with Gasteiger partial charge >= 0.3 is 0 Å². The zero-order valence-electron chi connectivity index (χ0n) is 14.4. The molecule has 0 fully saturated rings. The number of carbonyl (C=O) groups is 1. The first-order valence-corrected chi connectivity index (χ1v) is 9.08. The lowest BCUT2D eigenvalue weighted by atomic mass is 10.1. The van der Waals surface area contributed by atoms with Gasteiger partial charge in [0.05, 0.1) is 16.8 Å². The van der Waals surface area contributed by atoms with E-state index in [0.717, 1.165) is 23.1 Å². The van der Waals surface area contributed by atoms with Gasteiger partial charge in [0.25, 0.3) is 5.91 Å². The Kier molecular flexibility index (Phi) is 5.15. The van der Waals surface area contributed by atoms with Gasteiger partial charge in [-0.15, -0.1) is 6.42 Å². The van der Waals surface area contributed by atoms with Crippen molar-refractivity contribution >= 4 is 27.5 Å². The molecular formula is C19H20N4OS. The Labute approximate surface area is 150 Å². The first-order valence-electron chi connectivity index (χ1n) is 8.26. The predicted octanol–water partition coefficient (Wildman–Crippen LogP) is 3.15. The molecule has 0 radical (unpaired) electrons. The van der Waals surface area contributed by atoms with Crippen molar-refractivity contribution in [3.63, 3.8) is 0 Å². The fourth-order valence-corrected chi connectivity index (χ4v) is 3.80. The van der Waals surface area contributed by atoms with Crippen molar-refractivity contribution in [1.29, 1.82) is 0 Å². The molecule has 0 N–H and O–H groups in total. The quantitative estimate of drug-likeness (QED) is 0.662. The minimum Gasteiger partial charge on any atom is -0.305 e. The topological polar surface area (TPSA) is 52.2 Å². The second-order valence-corrected chi connectivity index (χ2v) is 6.85. The Bertz CT molecular complexity index is 1020. The molecule has 0 atom stereocenters. The molecule has 1 amide bonds. The number of carbonyl (C=O) groups excluding carboxylic acids is 1. The summed E-state index contributed by atoms with van der Waals surface area (Å²) in [6.07, 6.45) is 10.5. The number of aromatic nitrogens is 3. The van der Waals surface area contributed by atoms with E-state index in [1.165, 1.54) is 28.0 Å². The summed E-state index contributed by atoms with van der Waals surface area (Å²) in [7, 11) is 1.73. The zero-order chi connectivity index (χ0) is 17.8. The Morgan fingerprint density at radius 3 is 2.92 bits per heavy atom. The predicted molar refractivity (Wildman–Crippen MR) is 100 cm³/mol. The van der Waals surface area contributed by atoms with Crippen molar-refractivity contribution < 1.29 is 4.79 Å². The minimum atomic E-state index is -0.316. The van der Waals surface area contributed by atoms with Gasteiger partial charge in [0.15, 0.2) is 4.80 Å². The molecular weight excluding hydrogens is 332 g/mol. The number of aryl methyl sites for hydroxylation is 2. The van der Waals surface area contributed by atoms with Crippen LogP contribution in [0, 0.1) is 12.3 Å². The number of rotatable bonds is 5. The van der Waals surface area contributed by atoms with Gasteiger partial charge in [0.1, 0.15) is 5.69 Å². The van der Waals surface area contributed by atoms with Gasteiger partial charge in [-0.3, -0.25) is 9.48 Å². The molecule has 0 aliphatic heterocycles. The number of amides is 1. The average molecular weight is 352 g/mol. The molecule has 3 rings (SSSR count). The van der Waals surface area contributed by atoms with Crippen molar-refractivity contribution in [2.75, 3.05) is 0 Å². The van der Waals surface area contributed by atoms with Crippen LogP contribution in [0.4, 0.5) is 0 Å². The van der Waals surface area contributed by atoms with E-state index < -0.39 is 0 Å². The Morgan fingerprint density at radius 1 is 1.40 bits per heavy atom. The molecule has 0 spiro atoms. The maximum atomic E-state index is 12.5. The number of nitrogens with zero attached hydrogens (tertiary/aromatic N) is 4. The van der Waals surface area contributed by atoms with E-state index in [0.29, 0.717) is 17.0 Å². The Morgan fingerprint density at radius 2 is 2.24 bits per heavy atom. The van der Waals surface area contributed by atoms with Crippen LogP contribution in [0.15, 0.2) is 35.5 Å². The number of unbranched alkanes of at least 4 members (excludes halogenated alkanes) is 1. The number of hydrogen-bond donors (Lipinski definition) is 0. The Hall–Kier alpha value is -2.65. The highest BCUT2D eigenvalue weighted by Crippen LogP contribution is 2.20. The summed E-state index contributed by atoms with van der Waals surface area (Å²) < 4.78 is 4.53. The lowest BCUT2D eigenvalue weighted by Crippen LogP contribution is -2.17. The monoisotopic (exact) mass is 352 g/mol. The molecule has 0 aliphatic rings. The fraction of sp³-hybridized carbons (Fsp3) is 0.316. The van der Waals surface area contributed by atoms with E-state index in [4.69, 9.17) is 6.42 Å². The second-order valence-electron chi connectivity index (χ2n) is 5.84. The maximum Gasteiger partial charge on any atom is 0.297 e. The first-order chi connectivity index (χ1) is 12.1. The lowest BCUT2D eigenvalue weighted by molar-refractivity contribution is 0.0989. The molecule has 0 unspecified atom stereocenters. The van der Waals surface area contributed by atoms with Gasteiger partial charge in [-0.2, -0.15) is 10.1 Å². The van der Waals surface area contributed by atoms with Crippen molar-refractivity contribution in [2.24, 2.45) is 12.0 Å². The summed E-state index contributed by atoms with van der Waals surface area (Å²) in [5, 5.41) is 4.02. The van der Waals surface area contributed by atoms with E-state index in [1.54, 1.807) is 19.3 Å². The van der Waals surface area contributed by atoms with E-state index >= 15 is 0 Å². The molecule has 25 heavy (non-hydrogen) atoms. The summed E-state index contributed by atoms with van der Waals surface area (Å²) in [6, 6.07) is 8.04. The van der Waals surface area contributed by atoms with Crippen LogP contribution >= 0.6 is 11.3 Å². The highest BCUT2D eigenvalue weighted by Gasteiger charge is 2.11. The molecule has 0 saturated heterocycles. The number of hydrogen-bond acceptors (Lipinski definition) is 3. The van der Waals surface area contributed by atoms with Crippen LogP contribution in [-0.2, 0) is 20.0 Å². The van der Waals surface area contributed by atoms with Crippen molar-refractivity contribution in [3.05, 3.63) is 46.5 Å². The van der Waals surface area contributed by atoms with Gasteiger partial charge in [-0.25, -0.2) is 0 Å². The van der Waals surface area contributed by atoms with Crippen LogP contribution in [0.3, 0.4) is 0 Å². The third-order valence-corrected chi connectivity index (χ3v) is 5.09. The van der Waals surface area contributed by atoms with Gasteiger partial charge < -0.3 is 4.57 Å². The standard InChI is InChI=1S/C19H20N4OS/c1-4-6-7-14-8-9-15-17(13-14)25-19(23(15)12-5-2)21-18(24)16-10-11-20-22(16)3/h2,8-11,13H,4,6-7,12H2,1,3H3. The summed E-state index contributed by atoms with van der Waals surface area (Å²) in [4.78, 5) is 17.4. The molecule has 1 aromatic carbocycles. The summed E-state index contributed by atoms with van der Waals surface area (Å²) in [5.41, 5.74) is 2.76. The highest BCUT2D eigenvalue weighted by molar-refractivity contribution is 7.16. The molecule has 0 bridgehead atoms. The van der Waals surface area contributed by atoms with Crippen LogP contribution in [-0.4, -0.2) is 20.3 Å². The summed E-state index contributed by atoms with van der Waals surface area (Å²) >= 11 is 1.49. The largest absolute Gasteiger partial charge is 0.305 e. The normalized spacial score (nSPS) is 11.8. The Balaban J connectivity index is 2.08. The molecule has 3 aromatic rings. The van der Waals surface area contributed by atoms with E-state index in [2.05, 4.69) is 41.1 Å². The number of terminal acetylenes is 1. The lowest BCUT2D eigenvalue weighted by Gasteiger charge is -2.02. The number of thiazole rings is 1. The van der Waals surface area contributed by atoms with Crippen LogP contribution in [0.25, 0.3) is 10.2 Å². The summed E-state index contributed by atoms with van der Waals surface area (Å²) in [5.74, 6) is 2.34. The molecule has 0 saturated carbocycles. The first kappa shape index (κ1) is 17.2. The molecule has 2 heterocycles. The maximum absolute atomic E-state index is 12.5. The number of benzene rings is 1. The zero-order valence-corrected chi connectivity index (χ0v) is 15.2. The smallest absolute Gasteiger partial charge is 0.297 e. The minimum absolute atomic E-state index is 0.316. The van der Waals surface area contributed by atoms with Crippen LogP contribution in [0.5, 0.6) is 0 Å². The molecule has 5 nitrogen and oxygen atoms in total. The third-order valence-electron chi connectivity index (χ3n) is 4.05. The SMILES string of the molecule is C#CCn1c(=NC(=O)c2ccnn2C)sc2cc(CCCC)ccc21. The van der Waals surface area contributed by atoms with Crippen molar-refractivity contribution in [2.45, 2.75) is 32.7 Å². The molecule has 0 aliphatic carbocycles. The van der Waals surface area contributed by atoms with E-state index in [1.807, 2.05) is 4.57 Å². The van der Waals surface area contributed by atoms with Gasteiger partial charge in [0.2, 0.25) is 0 Å². The van der Waals surface area contributed by atoms with Crippen LogP contribution in [0.1, 0.15) is 35.8 Å². The second kappa shape index (κ2) is 7.49. The fourth-order valence-electron chi connectivity index (χ4n) is 2.71. The third kappa shape index (κ3) is 3.57. The van der Waals surface area contributed by atoms with Crippen LogP contribution in [0.2, 0.25) is 0 Å². The van der Waals surface area contributed by atoms with Crippen molar-refractivity contribution in [3.8, 4) is 12.3 Å². The van der Waals surface area contributed by atoms with Gasteiger partial charge in [-0.05, 0) is 36.6 Å². The van der Waals surface area contributed by atoms with Crippen LogP contribution < -0.4 is 4.80 Å². The van der Waals surface area contributed by atoms with Crippen molar-refractivity contribution in [1.82, 2.24) is 14.3 Å². The molecule has 6 heteroatoms.